The maximum absolute atomic E-state index is 14.1. The third-order valence-corrected chi connectivity index (χ3v) is 7.28. The summed E-state index contributed by atoms with van der Waals surface area (Å²) < 4.78 is 5.40. The summed E-state index contributed by atoms with van der Waals surface area (Å²) in [6.45, 7) is 10.2. The van der Waals surface area contributed by atoms with Crippen molar-refractivity contribution >= 4 is 23.2 Å². The van der Waals surface area contributed by atoms with Gasteiger partial charge in [-0.2, -0.15) is 4.98 Å². The maximum atomic E-state index is 14.1. The van der Waals surface area contributed by atoms with Gasteiger partial charge >= 0.3 is 5.97 Å². The highest BCUT2D eigenvalue weighted by Gasteiger charge is 2.61. The average Bonchev–Trinajstić information content (AvgIpc) is 3.52. The van der Waals surface area contributed by atoms with Crippen LogP contribution in [-0.4, -0.2) is 42.5 Å². The minimum Gasteiger partial charge on any atom is -0.479 e. The number of amides is 1. The van der Waals surface area contributed by atoms with Crippen LogP contribution in [0.5, 0.6) is 0 Å². The van der Waals surface area contributed by atoms with Crippen LogP contribution < -0.4 is 0 Å². The fraction of sp³-hybridized carbons (Fsp3) is 0.480. The number of carboxylic acid groups (broad SMARTS) is 1. The van der Waals surface area contributed by atoms with Crippen LogP contribution in [0.4, 0.5) is 0 Å². The summed E-state index contributed by atoms with van der Waals surface area (Å²) in [6, 6.07) is 6.79. The molecule has 34 heavy (non-hydrogen) atoms. The van der Waals surface area contributed by atoms with Crippen molar-refractivity contribution in [2.24, 2.45) is 5.92 Å². The number of hydrogen-bond donors (Lipinski definition) is 1. The van der Waals surface area contributed by atoms with E-state index in [1.165, 1.54) is 22.6 Å². The van der Waals surface area contributed by atoms with Crippen LogP contribution in [0.3, 0.4) is 0 Å². The van der Waals surface area contributed by atoms with Crippen molar-refractivity contribution in [2.45, 2.75) is 70.4 Å². The number of aromatic nitrogens is 3. The lowest BCUT2D eigenvalue weighted by atomic mass is 9.83. The Morgan fingerprint density at radius 2 is 1.94 bits per heavy atom. The van der Waals surface area contributed by atoms with Crippen LogP contribution in [0.25, 0.3) is 0 Å². The molecule has 1 N–H and O–H groups in total. The molecule has 3 aromatic rings. The summed E-state index contributed by atoms with van der Waals surface area (Å²) in [6.07, 6.45) is 3.42. The lowest BCUT2D eigenvalue weighted by Gasteiger charge is -2.38. The highest BCUT2D eigenvalue weighted by atomic mass is 32.1. The van der Waals surface area contributed by atoms with E-state index in [2.05, 4.69) is 35.9 Å². The van der Waals surface area contributed by atoms with Gasteiger partial charge in [0, 0.05) is 17.1 Å². The number of rotatable bonds is 6. The van der Waals surface area contributed by atoms with Gasteiger partial charge in [0.05, 0.1) is 12.0 Å². The van der Waals surface area contributed by atoms with E-state index in [1.807, 2.05) is 31.4 Å². The topological polar surface area (TPSA) is 109 Å². The molecule has 0 unspecified atom stereocenters. The van der Waals surface area contributed by atoms with Gasteiger partial charge in [-0.05, 0) is 41.9 Å². The van der Waals surface area contributed by atoms with Gasteiger partial charge in [0.25, 0.3) is 5.91 Å². The Balaban J connectivity index is 1.88. The quantitative estimate of drug-likeness (QED) is 0.523. The van der Waals surface area contributed by atoms with E-state index in [4.69, 9.17) is 4.52 Å². The number of aliphatic carboxylic acids is 1. The van der Waals surface area contributed by atoms with Crippen molar-refractivity contribution in [1.82, 2.24) is 20.0 Å². The zero-order valence-corrected chi connectivity index (χ0v) is 20.9. The molecular formula is C25H30N4O4S. The highest BCUT2D eigenvalue weighted by Crippen LogP contribution is 2.54. The van der Waals surface area contributed by atoms with Crippen LogP contribution in [-0.2, 0) is 10.2 Å². The second-order valence-corrected chi connectivity index (χ2v) is 11.3. The van der Waals surface area contributed by atoms with E-state index in [9.17, 15) is 14.7 Å². The van der Waals surface area contributed by atoms with E-state index >= 15 is 0 Å². The minimum atomic E-state index is -1.44. The van der Waals surface area contributed by atoms with Crippen LogP contribution in [0, 0.1) is 5.92 Å². The Hall–Kier alpha value is -3.07. The lowest BCUT2D eigenvalue weighted by molar-refractivity contribution is -0.150. The van der Waals surface area contributed by atoms with Crippen molar-refractivity contribution in [3.63, 3.8) is 0 Å². The summed E-state index contributed by atoms with van der Waals surface area (Å²) in [5, 5.41) is 16.8. The van der Waals surface area contributed by atoms with Gasteiger partial charge in [0.15, 0.2) is 6.33 Å². The van der Waals surface area contributed by atoms with Gasteiger partial charge in [-0.15, -0.1) is 11.3 Å². The normalized spacial score (nSPS) is 22.9. The lowest BCUT2D eigenvalue weighted by Crippen LogP contribution is -2.54. The highest BCUT2D eigenvalue weighted by molar-refractivity contribution is 7.09. The number of nitrogens with zero attached hydrogens (tertiary/aromatic N) is 4. The zero-order valence-electron chi connectivity index (χ0n) is 20.1. The van der Waals surface area contributed by atoms with Gasteiger partial charge in [-0.3, -0.25) is 4.79 Å². The first kappa shape index (κ1) is 24.1. The number of hydrogen-bond acceptors (Lipinski definition) is 7. The molecule has 3 atom stereocenters. The number of carbonyl (C=O) groups is 2. The summed E-state index contributed by atoms with van der Waals surface area (Å²) in [5.74, 6) is -1.52. The van der Waals surface area contributed by atoms with E-state index in [1.54, 1.807) is 18.3 Å². The summed E-state index contributed by atoms with van der Waals surface area (Å²) in [5.41, 5.74) is 0.0283. The van der Waals surface area contributed by atoms with Crippen LogP contribution >= 0.6 is 11.3 Å². The Kier molecular flexibility index (Phi) is 6.33. The molecule has 1 aliphatic heterocycles. The largest absolute Gasteiger partial charge is 0.479 e. The molecule has 1 aromatic carbocycles. The minimum absolute atomic E-state index is 0.0352. The van der Waals surface area contributed by atoms with Gasteiger partial charge < -0.3 is 14.5 Å². The molecule has 1 aliphatic rings. The number of likely N-dealkylation sites (tertiary alicyclic amines) is 1. The molecule has 0 saturated carbocycles. The first-order valence-electron chi connectivity index (χ1n) is 11.4. The van der Waals surface area contributed by atoms with E-state index in [-0.39, 0.29) is 23.7 Å². The standard InChI is InChI=1S/C25H30N4O4S/c1-15(2)12-25(23(31)32)13-18(20-27-14-28-33-20)19(21-26-10-11-34-21)29(25)22(30)16-6-8-17(9-7-16)24(3,4)5/h6-11,14-15,18-19H,12-13H2,1-5H3,(H,31,32)/t18-,19+,25-/m0/s1. The molecule has 0 bridgehead atoms. The second kappa shape index (κ2) is 8.94. The molecule has 0 aliphatic carbocycles. The van der Waals surface area contributed by atoms with E-state index < -0.39 is 23.5 Å². The predicted octanol–water partition coefficient (Wildman–Crippen LogP) is 5.06. The Bertz CT molecular complexity index is 1140. The SMILES string of the molecule is CC(C)C[C@@]1(C(=O)O)C[C@H](c2ncno2)[C@H](c2nccs2)N1C(=O)c1ccc(C(C)(C)C)cc1. The van der Waals surface area contributed by atoms with Crippen LogP contribution in [0.15, 0.2) is 46.7 Å². The molecule has 1 saturated heterocycles. The second-order valence-electron chi connectivity index (χ2n) is 10.3. The molecule has 1 amide bonds. The van der Waals surface area contributed by atoms with Gasteiger partial charge in [-0.25, -0.2) is 9.78 Å². The Morgan fingerprint density at radius 3 is 2.44 bits per heavy atom. The molecule has 0 radical (unpaired) electrons. The van der Waals surface area contributed by atoms with Crippen LogP contribution in [0.2, 0.25) is 0 Å². The van der Waals surface area contributed by atoms with Crippen molar-refractivity contribution in [3.05, 3.63) is 64.2 Å². The Labute approximate surface area is 203 Å². The Morgan fingerprint density at radius 1 is 1.24 bits per heavy atom. The summed E-state index contributed by atoms with van der Waals surface area (Å²) in [4.78, 5) is 37.3. The average molecular weight is 483 g/mol. The number of thiazole rings is 1. The molecule has 180 valence electrons. The molecule has 8 nitrogen and oxygen atoms in total. The van der Waals surface area contributed by atoms with Gasteiger partial charge in [0.1, 0.15) is 10.5 Å². The molecule has 9 heteroatoms. The first-order valence-corrected chi connectivity index (χ1v) is 12.3. The molecule has 3 heterocycles. The third-order valence-electron chi connectivity index (χ3n) is 6.44. The summed E-state index contributed by atoms with van der Waals surface area (Å²) in [7, 11) is 0. The number of carbonyl (C=O) groups excluding carboxylic acids is 1. The molecule has 1 fully saturated rings. The van der Waals surface area contributed by atoms with E-state index in [0.717, 1.165) is 5.56 Å². The smallest absolute Gasteiger partial charge is 0.329 e. The zero-order chi connectivity index (χ0) is 24.7. The first-order chi connectivity index (χ1) is 16.0. The fourth-order valence-electron chi connectivity index (χ4n) is 4.96. The van der Waals surface area contributed by atoms with E-state index in [0.29, 0.717) is 22.9 Å². The molecule has 4 rings (SSSR count). The predicted molar refractivity (Wildman–Crippen MR) is 128 cm³/mol. The maximum Gasteiger partial charge on any atom is 0.329 e. The number of benzene rings is 1. The monoisotopic (exact) mass is 482 g/mol. The number of carboxylic acids is 1. The van der Waals surface area contributed by atoms with Crippen molar-refractivity contribution in [1.29, 1.82) is 0 Å². The fourth-order valence-corrected chi connectivity index (χ4v) is 5.75. The van der Waals surface area contributed by atoms with Crippen LogP contribution in [0.1, 0.15) is 86.2 Å². The molecule has 2 aromatic heterocycles. The van der Waals surface area contributed by atoms with Crippen molar-refractivity contribution in [2.75, 3.05) is 0 Å². The molecule has 0 spiro atoms. The molecular weight excluding hydrogens is 452 g/mol. The van der Waals surface area contributed by atoms with Crippen molar-refractivity contribution in [3.8, 4) is 0 Å². The summed E-state index contributed by atoms with van der Waals surface area (Å²) >= 11 is 1.39. The van der Waals surface area contributed by atoms with Gasteiger partial charge in [-0.1, -0.05) is 51.9 Å². The van der Waals surface area contributed by atoms with Crippen molar-refractivity contribution < 1.29 is 19.2 Å². The third kappa shape index (κ3) is 4.24. The van der Waals surface area contributed by atoms with Gasteiger partial charge in [0.2, 0.25) is 5.89 Å².